The number of halogens is 1. The molecule has 0 aromatic carbocycles. The first kappa shape index (κ1) is 11.7. The van der Waals surface area contributed by atoms with Gasteiger partial charge in [0, 0.05) is 30.4 Å². The van der Waals surface area contributed by atoms with Crippen LogP contribution in [0.3, 0.4) is 0 Å². The van der Waals surface area contributed by atoms with Crippen LogP contribution in [0.1, 0.15) is 29.8 Å². The third-order valence-corrected chi connectivity index (χ3v) is 4.02. The van der Waals surface area contributed by atoms with Crippen LogP contribution in [-0.4, -0.2) is 29.0 Å². The first-order valence-electron chi connectivity index (χ1n) is 6.08. The Kier molecular flexibility index (Phi) is 2.87. The lowest BCUT2D eigenvalue weighted by Crippen LogP contribution is -2.43. The van der Waals surface area contributed by atoms with Crippen molar-refractivity contribution in [3.8, 4) is 0 Å². The maximum absolute atomic E-state index is 12.0. The zero-order chi connectivity index (χ0) is 12.7. The molecule has 0 spiro atoms. The highest BCUT2D eigenvalue weighted by molar-refractivity contribution is 6.30. The first-order chi connectivity index (χ1) is 8.63. The van der Waals surface area contributed by atoms with Crippen molar-refractivity contribution < 1.29 is 4.79 Å². The second-order valence-electron chi connectivity index (χ2n) is 4.92. The summed E-state index contributed by atoms with van der Waals surface area (Å²) >= 11 is 5.62. The number of hydrogen-bond donors (Lipinski definition) is 3. The van der Waals surface area contributed by atoms with Gasteiger partial charge in [-0.3, -0.25) is 9.59 Å². The Balaban J connectivity index is 1.71. The Morgan fingerprint density at radius 2 is 2.28 bits per heavy atom. The van der Waals surface area contributed by atoms with E-state index in [1.54, 1.807) is 0 Å². The highest BCUT2D eigenvalue weighted by atomic mass is 35.5. The SMILES string of the molecule is O=C(NC1CC2CCC1N2)c1cc(=O)c(Cl)c[nH]1. The number of rotatable bonds is 2. The summed E-state index contributed by atoms with van der Waals surface area (Å²) in [6, 6.07) is 2.30. The van der Waals surface area contributed by atoms with Crippen molar-refractivity contribution in [2.75, 3.05) is 0 Å². The van der Waals surface area contributed by atoms with Crippen LogP contribution in [0.25, 0.3) is 0 Å². The highest BCUT2D eigenvalue weighted by Crippen LogP contribution is 2.28. The molecule has 96 valence electrons. The summed E-state index contributed by atoms with van der Waals surface area (Å²) in [6.07, 6.45) is 4.60. The number of aromatic amines is 1. The summed E-state index contributed by atoms with van der Waals surface area (Å²) in [4.78, 5) is 26.1. The molecule has 6 heteroatoms. The van der Waals surface area contributed by atoms with E-state index in [0.717, 1.165) is 12.8 Å². The lowest BCUT2D eigenvalue weighted by Gasteiger charge is -2.21. The summed E-state index contributed by atoms with van der Waals surface area (Å²) < 4.78 is 0. The molecule has 3 N–H and O–H groups in total. The normalized spacial score (nSPS) is 29.5. The van der Waals surface area contributed by atoms with Crippen LogP contribution in [0.4, 0.5) is 0 Å². The van der Waals surface area contributed by atoms with E-state index in [1.165, 1.54) is 18.7 Å². The Hall–Kier alpha value is -1.33. The zero-order valence-corrected chi connectivity index (χ0v) is 10.5. The molecule has 0 radical (unpaired) electrons. The fourth-order valence-corrected chi connectivity index (χ4v) is 2.92. The molecule has 2 fully saturated rings. The third-order valence-electron chi connectivity index (χ3n) is 3.73. The standard InChI is InChI=1S/C12H14ClN3O2/c13-7-5-14-10(4-11(7)17)12(18)16-9-3-6-1-2-8(9)15-6/h4-6,8-9,15H,1-3H2,(H,14,17)(H,16,18). The van der Waals surface area contributed by atoms with Crippen molar-refractivity contribution >= 4 is 17.5 Å². The molecule has 2 aliphatic rings. The van der Waals surface area contributed by atoms with Gasteiger partial charge in [0.25, 0.3) is 5.91 Å². The van der Waals surface area contributed by atoms with Crippen LogP contribution in [0.15, 0.2) is 17.1 Å². The average molecular weight is 268 g/mol. The lowest BCUT2D eigenvalue weighted by atomic mass is 9.95. The van der Waals surface area contributed by atoms with E-state index in [-0.39, 0.29) is 28.1 Å². The number of carbonyl (C=O) groups is 1. The Bertz CT molecular complexity index is 542. The van der Waals surface area contributed by atoms with E-state index in [1.807, 2.05) is 0 Å². The van der Waals surface area contributed by atoms with Gasteiger partial charge in [0.2, 0.25) is 5.43 Å². The topological polar surface area (TPSA) is 74.0 Å². The second kappa shape index (κ2) is 4.40. The number of amides is 1. The van der Waals surface area contributed by atoms with Crippen LogP contribution < -0.4 is 16.1 Å². The number of pyridine rings is 1. The molecule has 0 aliphatic carbocycles. The third kappa shape index (κ3) is 2.04. The predicted molar refractivity (Wildman–Crippen MR) is 67.9 cm³/mol. The Morgan fingerprint density at radius 1 is 1.44 bits per heavy atom. The molecule has 3 unspecified atom stereocenters. The van der Waals surface area contributed by atoms with E-state index in [0.29, 0.717) is 12.1 Å². The van der Waals surface area contributed by atoms with E-state index in [9.17, 15) is 9.59 Å². The van der Waals surface area contributed by atoms with Crippen LogP contribution in [0.5, 0.6) is 0 Å². The molecule has 5 nitrogen and oxygen atoms in total. The second-order valence-corrected chi connectivity index (χ2v) is 5.33. The number of fused-ring (bicyclic) bond motifs is 2. The largest absolute Gasteiger partial charge is 0.356 e. The molecule has 2 saturated heterocycles. The maximum Gasteiger partial charge on any atom is 0.268 e. The smallest absolute Gasteiger partial charge is 0.268 e. The first-order valence-corrected chi connectivity index (χ1v) is 6.46. The number of aromatic nitrogens is 1. The van der Waals surface area contributed by atoms with E-state index in [4.69, 9.17) is 11.6 Å². The van der Waals surface area contributed by atoms with Gasteiger partial charge in [-0.2, -0.15) is 0 Å². The molecule has 1 aromatic heterocycles. The Morgan fingerprint density at radius 3 is 2.89 bits per heavy atom. The molecular weight excluding hydrogens is 254 g/mol. The highest BCUT2D eigenvalue weighted by Gasteiger charge is 2.39. The quantitative estimate of drug-likeness (QED) is 0.737. The van der Waals surface area contributed by atoms with Gasteiger partial charge in [-0.25, -0.2) is 0 Å². The number of carbonyl (C=O) groups excluding carboxylic acids is 1. The minimum atomic E-state index is -0.341. The van der Waals surface area contributed by atoms with Gasteiger partial charge in [0.05, 0.1) is 0 Å². The number of nitrogens with one attached hydrogen (secondary N) is 3. The molecule has 3 heterocycles. The zero-order valence-electron chi connectivity index (χ0n) is 9.70. The van der Waals surface area contributed by atoms with Gasteiger partial charge in [-0.05, 0) is 19.3 Å². The Labute approximate surface area is 109 Å². The molecule has 2 bridgehead atoms. The molecule has 0 saturated carbocycles. The maximum atomic E-state index is 12.0. The van der Waals surface area contributed by atoms with Crippen molar-refractivity contribution in [2.24, 2.45) is 0 Å². The summed E-state index contributed by atoms with van der Waals surface area (Å²) in [5.41, 5.74) is -0.0844. The fraction of sp³-hybridized carbons (Fsp3) is 0.500. The molecule has 1 amide bonds. The molecule has 2 aliphatic heterocycles. The van der Waals surface area contributed by atoms with Crippen molar-refractivity contribution in [2.45, 2.75) is 37.4 Å². The minimum absolute atomic E-state index is 0.0909. The van der Waals surface area contributed by atoms with Crippen molar-refractivity contribution in [3.05, 3.63) is 33.2 Å². The molecule has 1 aromatic rings. The van der Waals surface area contributed by atoms with Crippen molar-refractivity contribution in [3.63, 3.8) is 0 Å². The summed E-state index contributed by atoms with van der Waals surface area (Å²) in [7, 11) is 0. The molecule has 18 heavy (non-hydrogen) atoms. The van der Waals surface area contributed by atoms with Crippen LogP contribution in [-0.2, 0) is 0 Å². The van der Waals surface area contributed by atoms with Gasteiger partial charge < -0.3 is 15.6 Å². The van der Waals surface area contributed by atoms with Gasteiger partial charge >= 0.3 is 0 Å². The summed E-state index contributed by atoms with van der Waals surface area (Å²) in [5.74, 6) is -0.247. The van der Waals surface area contributed by atoms with Crippen molar-refractivity contribution in [1.29, 1.82) is 0 Å². The minimum Gasteiger partial charge on any atom is -0.356 e. The van der Waals surface area contributed by atoms with Gasteiger partial charge in [-0.1, -0.05) is 11.6 Å². The van der Waals surface area contributed by atoms with Crippen molar-refractivity contribution in [1.82, 2.24) is 15.6 Å². The van der Waals surface area contributed by atoms with Crippen LogP contribution in [0.2, 0.25) is 5.02 Å². The van der Waals surface area contributed by atoms with Gasteiger partial charge in [-0.15, -0.1) is 0 Å². The van der Waals surface area contributed by atoms with Crippen LogP contribution >= 0.6 is 11.6 Å². The van der Waals surface area contributed by atoms with E-state index in [2.05, 4.69) is 15.6 Å². The van der Waals surface area contributed by atoms with E-state index < -0.39 is 0 Å². The van der Waals surface area contributed by atoms with Gasteiger partial charge in [0.15, 0.2) is 0 Å². The fourth-order valence-electron chi connectivity index (χ4n) is 2.81. The summed E-state index contributed by atoms with van der Waals surface area (Å²) in [5, 5.41) is 6.50. The predicted octanol–water partition coefficient (Wildman–Crippen LogP) is 0.651. The molecule has 3 rings (SSSR count). The number of H-pyrrole nitrogens is 1. The molecule has 3 atom stereocenters. The lowest BCUT2D eigenvalue weighted by molar-refractivity contribution is 0.0926. The summed E-state index contributed by atoms with van der Waals surface area (Å²) in [6.45, 7) is 0. The number of hydrogen-bond acceptors (Lipinski definition) is 3. The average Bonchev–Trinajstić information content (AvgIpc) is 2.94. The monoisotopic (exact) mass is 267 g/mol. The van der Waals surface area contributed by atoms with E-state index >= 15 is 0 Å². The van der Waals surface area contributed by atoms with Crippen LogP contribution in [0, 0.1) is 0 Å². The van der Waals surface area contributed by atoms with Gasteiger partial charge in [0.1, 0.15) is 10.7 Å². The molecular formula is C12H14ClN3O2.